The molecule has 0 N–H and O–H groups in total. The summed E-state index contributed by atoms with van der Waals surface area (Å²) in [4.78, 5) is 15.8. The smallest absolute Gasteiger partial charge is 0.402 e. The highest BCUT2D eigenvalue weighted by Gasteiger charge is 2.31. The molecular formula is C17H9F4NO2. The minimum atomic E-state index is -4.44. The number of hydrogen-bond donors (Lipinski definition) is 0. The summed E-state index contributed by atoms with van der Waals surface area (Å²) in [5.74, 6) is -1.23. The predicted octanol–water partition coefficient (Wildman–Crippen LogP) is 4.19. The Kier molecular flexibility index (Phi) is 3.92. The Bertz CT molecular complexity index is 834. The number of carbonyl (C=O) groups is 1. The van der Waals surface area contributed by atoms with Crippen molar-refractivity contribution < 1.29 is 27.1 Å². The molecule has 122 valence electrons. The van der Waals surface area contributed by atoms with Gasteiger partial charge in [0, 0.05) is 5.56 Å². The highest BCUT2D eigenvalue weighted by molar-refractivity contribution is 6.12. The van der Waals surface area contributed by atoms with Crippen LogP contribution in [0, 0.1) is 5.82 Å². The molecule has 0 saturated carbocycles. The second-order valence-electron chi connectivity index (χ2n) is 4.96. The van der Waals surface area contributed by atoms with Crippen molar-refractivity contribution in [2.24, 2.45) is 4.99 Å². The van der Waals surface area contributed by atoms with Crippen LogP contribution in [-0.4, -0.2) is 11.9 Å². The maximum atomic E-state index is 12.9. The van der Waals surface area contributed by atoms with E-state index in [1.807, 2.05) is 0 Å². The molecule has 0 fully saturated rings. The summed E-state index contributed by atoms with van der Waals surface area (Å²) in [6, 6.07) is 9.50. The maximum absolute atomic E-state index is 12.9. The van der Waals surface area contributed by atoms with E-state index in [2.05, 4.69) is 4.99 Å². The zero-order valence-electron chi connectivity index (χ0n) is 12.0. The van der Waals surface area contributed by atoms with Gasteiger partial charge >= 0.3 is 12.1 Å². The van der Waals surface area contributed by atoms with Crippen molar-refractivity contribution in [2.75, 3.05) is 0 Å². The zero-order valence-corrected chi connectivity index (χ0v) is 12.0. The monoisotopic (exact) mass is 335 g/mol. The number of cyclic esters (lactones) is 1. The molecule has 0 saturated heterocycles. The lowest BCUT2D eigenvalue weighted by Gasteiger charge is -2.06. The van der Waals surface area contributed by atoms with Gasteiger partial charge in [0.05, 0.1) is 5.56 Å². The Labute approximate surface area is 133 Å². The molecule has 1 aliphatic rings. The molecular weight excluding hydrogens is 326 g/mol. The molecule has 0 atom stereocenters. The molecule has 0 aliphatic carbocycles. The van der Waals surface area contributed by atoms with Gasteiger partial charge in [0.15, 0.2) is 5.70 Å². The van der Waals surface area contributed by atoms with Crippen LogP contribution in [0.5, 0.6) is 0 Å². The summed E-state index contributed by atoms with van der Waals surface area (Å²) in [5.41, 5.74) is -0.0330. The van der Waals surface area contributed by atoms with E-state index < -0.39 is 23.5 Å². The Morgan fingerprint density at radius 3 is 2.17 bits per heavy atom. The highest BCUT2D eigenvalue weighted by Crippen LogP contribution is 2.29. The third kappa shape index (κ3) is 3.34. The third-order valence-corrected chi connectivity index (χ3v) is 3.25. The van der Waals surface area contributed by atoms with E-state index in [0.29, 0.717) is 5.56 Å². The Morgan fingerprint density at radius 2 is 1.58 bits per heavy atom. The predicted molar refractivity (Wildman–Crippen MR) is 78.5 cm³/mol. The van der Waals surface area contributed by atoms with Gasteiger partial charge < -0.3 is 4.74 Å². The minimum Gasteiger partial charge on any atom is -0.402 e. The SMILES string of the molecule is O=C1OC(c2ccc(C(F)(F)F)cc2)=N/C1=C\c1ccc(F)cc1. The zero-order chi connectivity index (χ0) is 17.3. The van der Waals surface area contributed by atoms with E-state index in [1.165, 1.54) is 42.5 Å². The van der Waals surface area contributed by atoms with Crippen molar-refractivity contribution >= 4 is 17.9 Å². The molecule has 1 aliphatic heterocycles. The summed E-state index contributed by atoms with van der Waals surface area (Å²) >= 11 is 0. The van der Waals surface area contributed by atoms with Crippen molar-refractivity contribution in [1.29, 1.82) is 0 Å². The first-order chi connectivity index (χ1) is 11.3. The van der Waals surface area contributed by atoms with E-state index in [1.54, 1.807) is 0 Å². The first-order valence-corrected chi connectivity index (χ1v) is 6.79. The highest BCUT2D eigenvalue weighted by atomic mass is 19.4. The number of rotatable bonds is 2. The fraction of sp³-hybridized carbons (Fsp3) is 0.0588. The molecule has 2 aromatic rings. The van der Waals surface area contributed by atoms with E-state index in [9.17, 15) is 22.4 Å². The summed E-state index contributed by atoms with van der Waals surface area (Å²) < 4.78 is 55.4. The van der Waals surface area contributed by atoms with Crippen molar-refractivity contribution in [2.45, 2.75) is 6.18 Å². The molecule has 3 rings (SSSR count). The number of aliphatic imine (C=N–C) groups is 1. The van der Waals surface area contributed by atoms with Gasteiger partial charge in [0.2, 0.25) is 5.90 Å². The summed E-state index contributed by atoms with van der Waals surface area (Å²) in [6.07, 6.45) is -3.04. The van der Waals surface area contributed by atoms with Gasteiger partial charge in [0.1, 0.15) is 5.82 Å². The van der Waals surface area contributed by atoms with Crippen LogP contribution >= 0.6 is 0 Å². The Balaban J connectivity index is 1.87. The largest absolute Gasteiger partial charge is 0.416 e. The quantitative estimate of drug-likeness (QED) is 0.469. The van der Waals surface area contributed by atoms with Crippen LogP contribution in [0.3, 0.4) is 0 Å². The van der Waals surface area contributed by atoms with Gasteiger partial charge in [-0.05, 0) is 48.0 Å². The molecule has 3 nitrogen and oxygen atoms in total. The van der Waals surface area contributed by atoms with Gasteiger partial charge in [-0.2, -0.15) is 13.2 Å². The average molecular weight is 335 g/mol. The number of alkyl halides is 3. The molecule has 7 heteroatoms. The Morgan fingerprint density at radius 1 is 0.958 bits per heavy atom. The van der Waals surface area contributed by atoms with Crippen molar-refractivity contribution in [1.82, 2.24) is 0 Å². The number of esters is 1. The van der Waals surface area contributed by atoms with Crippen molar-refractivity contribution in [3.8, 4) is 0 Å². The van der Waals surface area contributed by atoms with Gasteiger partial charge in [-0.3, -0.25) is 0 Å². The topological polar surface area (TPSA) is 38.7 Å². The number of nitrogens with zero attached hydrogens (tertiary/aromatic N) is 1. The summed E-state index contributed by atoms with van der Waals surface area (Å²) in [6.45, 7) is 0. The number of halogens is 4. The van der Waals surface area contributed by atoms with Crippen LogP contribution in [0.2, 0.25) is 0 Å². The van der Waals surface area contributed by atoms with E-state index in [4.69, 9.17) is 4.74 Å². The van der Waals surface area contributed by atoms with Gasteiger partial charge in [-0.15, -0.1) is 0 Å². The van der Waals surface area contributed by atoms with E-state index in [0.717, 1.165) is 12.1 Å². The normalized spacial score (nSPS) is 16.2. The third-order valence-electron chi connectivity index (χ3n) is 3.25. The van der Waals surface area contributed by atoms with Crippen LogP contribution in [0.25, 0.3) is 6.08 Å². The van der Waals surface area contributed by atoms with Gasteiger partial charge in [-0.1, -0.05) is 12.1 Å². The number of hydrogen-bond acceptors (Lipinski definition) is 3. The molecule has 0 amide bonds. The lowest BCUT2D eigenvalue weighted by molar-refractivity contribution is -0.137. The lowest BCUT2D eigenvalue weighted by atomic mass is 10.1. The first kappa shape index (κ1) is 15.9. The van der Waals surface area contributed by atoms with Crippen LogP contribution in [-0.2, 0) is 15.7 Å². The average Bonchev–Trinajstić information content (AvgIpc) is 2.90. The summed E-state index contributed by atoms with van der Waals surface area (Å²) in [5, 5.41) is 0. The molecule has 0 bridgehead atoms. The molecule has 24 heavy (non-hydrogen) atoms. The molecule has 0 unspecified atom stereocenters. The fourth-order valence-electron chi connectivity index (χ4n) is 2.05. The van der Waals surface area contributed by atoms with E-state index in [-0.39, 0.29) is 17.2 Å². The molecule has 0 spiro atoms. The second-order valence-corrected chi connectivity index (χ2v) is 4.96. The van der Waals surface area contributed by atoms with E-state index >= 15 is 0 Å². The lowest BCUT2D eigenvalue weighted by Crippen LogP contribution is -2.08. The van der Waals surface area contributed by atoms with Crippen LogP contribution in [0.15, 0.2) is 59.2 Å². The van der Waals surface area contributed by atoms with Gasteiger partial charge in [-0.25, -0.2) is 14.2 Å². The van der Waals surface area contributed by atoms with Crippen LogP contribution < -0.4 is 0 Å². The molecule has 2 aromatic carbocycles. The Hall–Kier alpha value is -2.96. The molecule has 0 aromatic heterocycles. The number of ether oxygens (including phenoxy) is 1. The summed E-state index contributed by atoms with van der Waals surface area (Å²) in [7, 11) is 0. The molecule has 0 radical (unpaired) electrons. The van der Waals surface area contributed by atoms with Gasteiger partial charge in [0.25, 0.3) is 0 Å². The van der Waals surface area contributed by atoms with Crippen LogP contribution in [0.4, 0.5) is 17.6 Å². The maximum Gasteiger partial charge on any atom is 0.416 e. The number of carbonyl (C=O) groups excluding carboxylic acids is 1. The standard InChI is InChI=1S/C17H9F4NO2/c18-13-7-1-10(2-8-13)9-14-16(23)24-15(22-14)11-3-5-12(6-4-11)17(19,20)21/h1-9H/b14-9-. The van der Waals surface area contributed by atoms with Crippen molar-refractivity contribution in [3.05, 3.63) is 76.7 Å². The number of benzene rings is 2. The first-order valence-electron chi connectivity index (χ1n) is 6.79. The minimum absolute atomic E-state index is 0.0171. The molecule has 1 heterocycles. The van der Waals surface area contributed by atoms with Crippen molar-refractivity contribution in [3.63, 3.8) is 0 Å². The fourth-order valence-corrected chi connectivity index (χ4v) is 2.05. The van der Waals surface area contributed by atoms with Crippen LogP contribution in [0.1, 0.15) is 16.7 Å². The second kappa shape index (κ2) is 5.92.